The van der Waals surface area contributed by atoms with Crippen LogP contribution < -0.4 is 5.73 Å². The van der Waals surface area contributed by atoms with Crippen LogP contribution in [0.15, 0.2) is 24.3 Å². The number of halogens is 1. The van der Waals surface area contributed by atoms with Crippen LogP contribution in [-0.4, -0.2) is 6.04 Å². The Labute approximate surface area is 117 Å². The van der Waals surface area contributed by atoms with Gasteiger partial charge in [-0.05, 0) is 24.5 Å². The SMILES string of the molecule is CCCCCCCCCC(N)Cc1ccccc1F. The number of nitrogens with two attached hydrogens (primary N) is 1. The van der Waals surface area contributed by atoms with Crippen LogP contribution in [0.4, 0.5) is 4.39 Å². The molecule has 0 saturated carbocycles. The summed E-state index contributed by atoms with van der Waals surface area (Å²) >= 11 is 0. The fraction of sp³-hybridized carbons (Fsp3) is 0.647. The van der Waals surface area contributed by atoms with Gasteiger partial charge in [-0.25, -0.2) is 4.39 Å². The quantitative estimate of drug-likeness (QED) is 0.602. The Hall–Kier alpha value is -0.890. The van der Waals surface area contributed by atoms with E-state index in [4.69, 9.17) is 5.73 Å². The number of benzene rings is 1. The summed E-state index contributed by atoms with van der Waals surface area (Å²) in [6, 6.07) is 7.03. The highest BCUT2D eigenvalue weighted by Crippen LogP contribution is 2.13. The third kappa shape index (κ3) is 7.31. The lowest BCUT2D eigenvalue weighted by atomic mass is 10.00. The van der Waals surface area contributed by atoms with Gasteiger partial charge in [-0.2, -0.15) is 0 Å². The molecule has 0 fully saturated rings. The van der Waals surface area contributed by atoms with Crippen LogP contribution in [0.5, 0.6) is 0 Å². The van der Waals surface area contributed by atoms with Crippen molar-refractivity contribution in [3.63, 3.8) is 0 Å². The van der Waals surface area contributed by atoms with Gasteiger partial charge in [-0.1, -0.05) is 70.1 Å². The number of hydrogen-bond acceptors (Lipinski definition) is 1. The summed E-state index contributed by atoms with van der Waals surface area (Å²) in [7, 11) is 0. The lowest BCUT2D eigenvalue weighted by molar-refractivity contribution is 0.518. The van der Waals surface area contributed by atoms with Crippen LogP contribution in [-0.2, 0) is 6.42 Å². The van der Waals surface area contributed by atoms with E-state index in [9.17, 15) is 4.39 Å². The Morgan fingerprint density at radius 3 is 2.32 bits per heavy atom. The maximum Gasteiger partial charge on any atom is 0.126 e. The Balaban J connectivity index is 2.08. The molecule has 2 heteroatoms. The molecule has 1 rings (SSSR count). The van der Waals surface area contributed by atoms with Crippen molar-refractivity contribution in [1.82, 2.24) is 0 Å². The van der Waals surface area contributed by atoms with Crippen molar-refractivity contribution < 1.29 is 4.39 Å². The first-order valence-electron chi connectivity index (χ1n) is 7.73. The minimum absolute atomic E-state index is 0.0903. The second-order valence-electron chi connectivity index (χ2n) is 5.47. The van der Waals surface area contributed by atoms with Gasteiger partial charge in [0.05, 0.1) is 0 Å². The summed E-state index contributed by atoms with van der Waals surface area (Å²) in [4.78, 5) is 0. The van der Waals surface area contributed by atoms with E-state index in [1.54, 1.807) is 6.07 Å². The molecule has 19 heavy (non-hydrogen) atoms. The van der Waals surface area contributed by atoms with Crippen LogP contribution in [0.2, 0.25) is 0 Å². The molecule has 2 N–H and O–H groups in total. The zero-order valence-electron chi connectivity index (χ0n) is 12.2. The maximum atomic E-state index is 13.5. The van der Waals surface area contributed by atoms with Crippen molar-refractivity contribution in [2.45, 2.75) is 70.8 Å². The zero-order chi connectivity index (χ0) is 13.9. The normalized spacial score (nSPS) is 12.6. The topological polar surface area (TPSA) is 26.0 Å². The Morgan fingerprint density at radius 1 is 1.00 bits per heavy atom. The first-order valence-corrected chi connectivity index (χ1v) is 7.73. The molecule has 0 aliphatic carbocycles. The predicted molar refractivity (Wildman–Crippen MR) is 80.7 cm³/mol. The van der Waals surface area contributed by atoms with Gasteiger partial charge in [0, 0.05) is 6.04 Å². The molecule has 0 aromatic heterocycles. The Bertz CT molecular complexity index is 338. The van der Waals surface area contributed by atoms with Crippen LogP contribution in [0, 0.1) is 5.82 Å². The summed E-state index contributed by atoms with van der Waals surface area (Å²) in [6.45, 7) is 2.24. The molecule has 0 radical (unpaired) electrons. The average Bonchev–Trinajstić information content (AvgIpc) is 2.40. The minimum atomic E-state index is -0.127. The van der Waals surface area contributed by atoms with E-state index in [1.807, 2.05) is 12.1 Å². The zero-order valence-corrected chi connectivity index (χ0v) is 12.2. The van der Waals surface area contributed by atoms with Gasteiger partial charge >= 0.3 is 0 Å². The maximum absolute atomic E-state index is 13.5. The van der Waals surface area contributed by atoms with Crippen LogP contribution in [0.3, 0.4) is 0 Å². The molecule has 108 valence electrons. The van der Waals surface area contributed by atoms with Gasteiger partial charge in [0.25, 0.3) is 0 Å². The molecule has 1 atom stereocenters. The van der Waals surface area contributed by atoms with E-state index in [1.165, 1.54) is 51.0 Å². The summed E-state index contributed by atoms with van der Waals surface area (Å²) in [5.74, 6) is -0.127. The van der Waals surface area contributed by atoms with E-state index in [-0.39, 0.29) is 11.9 Å². The van der Waals surface area contributed by atoms with Crippen molar-refractivity contribution in [2.24, 2.45) is 5.73 Å². The van der Waals surface area contributed by atoms with E-state index in [0.717, 1.165) is 12.0 Å². The van der Waals surface area contributed by atoms with Crippen LogP contribution in [0.25, 0.3) is 0 Å². The monoisotopic (exact) mass is 265 g/mol. The van der Waals surface area contributed by atoms with Gasteiger partial charge in [0.1, 0.15) is 5.82 Å². The molecule has 1 aromatic carbocycles. The van der Waals surface area contributed by atoms with Gasteiger partial charge < -0.3 is 5.73 Å². The van der Waals surface area contributed by atoms with Gasteiger partial charge in [-0.3, -0.25) is 0 Å². The van der Waals surface area contributed by atoms with Crippen molar-refractivity contribution in [3.8, 4) is 0 Å². The fourth-order valence-electron chi connectivity index (χ4n) is 2.41. The van der Waals surface area contributed by atoms with Crippen molar-refractivity contribution in [2.75, 3.05) is 0 Å². The largest absolute Gasteiger partial charge is 0.327 e. The molecule has 0 aliphatic heterocycles. The minimum Gasteiger partial charge on any atom is -0.327 e. The molecular weight excluding hydrogens is 237 g/mol. The summed E-state index contributed by atoms with van der Waals surface area (Å²) in [5, 5.41) is 0. The van der Waals surface area contributed by atoms with Crippen molar-refractivity contribution in [1.29, 1.82) is 0 Å². The number of hydrogen-bond donors (Lipinski definition) is 1. The second-order valence-corrected chi connectivity index (χ2v) is 5.47. The standard InChI is InChI=1S/C17H28FN/c1-2-3-4-5-6-7-8-12-16(19)14-15-11-9-10-13-17(15)18/h9-11,13,16H,2-8,12,14,19H2,1H3. The van der Waals surface area contributed by atoms with Gasteiger partial charge in [0.15, 0.2) is 0 Å². The lowest BCUT2D eigenvalue weighted by Gasteiger charge is -2.12. The van der Waals surface area contributed by atoms with E-state index in [2.05, 4.69) is 6.92 Å². The molecular formula is C17H28FN. The first-order chi connectivity index (χ1) is 9.24. The third-order valence-electron chi connectivity index (χ3n) is 3.62. The second kappa shape index (κ2) is 9.96. The van der Waals surface area contributed by atoms with E-state index in [0.29, 0.717) is 6.42 Å². The molecule has 0 spiro atoms. The number of rotatable bonds is 10. The predicted octanol–water partition coefficient (Wildman–Crippen LogP) is 4.84. The third-order valence-corrected chi connectivity index (χ3v) is 3.62. The Morgan fingerprint density at radius 2 is 1.63 bits per heavy atom. The van der Waals surface area contributed by atoms with Crippen LogP contribution >= 0.6 is 0 Å². The first kappa shape index (κ1) is 16.2. The summed E-state index contributed by atoms with van der Waals surface area (Å²) < 4.78 is 13.5. The Kier molecular flexibility index (Phi) is 8.48. The molecule has 0 saturated heterocycles. The lowest BCUT2D eigenvalue weighted by Crippen LogP contribution is -2.23. The molecule has 0 aliphatic rings. The number of unbranched alkanes of at least 4 members (excludes halogenated alkanes) is 6. The van der Waals surface area contributed by atoms with Crippen molar-refractivity contribution >= 4 is 0 Å². The molecule has 0 heterocycles. The summed E-state index contributed by atoms with van der Waals surface area (Å²) in [6.07, 6.45) is 10.8. The molecule has 1 aromatic rings. The highest BCUT2D eigenvalue weighted by atomic mass is 19.1. The smallest absolute Gasteiger partial charge is 0.126 e. The van der Waals surface area contributed by atoms with Crippen molar-refractivity contribution in [3.05, 3.63) is 35.6 Å². The molecule has 1 nitrogen and oxygen atoms in total. The van der Waals surface area contributed by atoms with E-state index >= 15 is 0 Å². The van der Waals surface area contributed by atoms with E-state index < -0.39 is 0 Å². The molecule has 1 unspecified atom stereocenters. The summed E-state index contributed by atoms with van der Waals surface area (Å²) in [5.41, 5.74) is 6.82. The fourth-order valence-corrected chi connectivity index (χ4v) is 2.41. The molecule has 0 amide bonds. The van der Waals surface area contributed by atoms with Gasteiger partial charge in [0.2, 0.25) is 0 Å². The highest BCUT2D eigenvalue weighted by molar-refractivity contribution is 5.18. The van der Waals surface area contributed by atoms with Gasteiger partial charge in [-0.15, -0.1) is 0 Å². The van der Waals surface area contributed by atoms with Crippen LogP contribution in [0.1, 0.15) is 63.9 Å². The average molecular weight is 265 g/mol. The highest BCUT2D eigenvalue weighted by Gasteiger charge is 2.07. The molecule has 0 bridgehead atoms.